The molecule has 1 heterocycles. The monoisotopic (exact) mass is 421 g/mol. The van der Waals surface area contributed by atoms with Crippen LogP contribution in [0.15, 0.2) is 42.7 Å². The number of aryl methyl sites for hydroxylation is 1. The van der Waals surface area contributed by atoms with E-state index in [0.29, 0.717) is 25.6 Å². The lowest BCUT2D eigenvalue weighted by Crippen LogP contribution is -2.39. The highest BCUT2D eigenvalue weighted by molar-refractivity contribution is 5.82. The lowest BCUT2D eigenvalue weighted by Gasteiger charge is -2.21. The quantitative estimate of drug-likeness (QED) is 0.434. The first-order chi connectivity index (χ1) is 14.2. The number of ether oxygens (including phenoxy) is 1. The normalized spacial score (nSPS) is 12.5. The molecule has 2 aromatic rings. The van der Waals surface area contributed by atoms with E-state index in [-0.39, 0.29) is 23.1 Å². The molecule has 0 fully saturated rings. The number of pyridine rings is 1. The van der Waals surface area contributed by atoms with Crippen molar-refractivity contribution in [3.8, 4) is 5.75 Å². The van der Waals surface area contributed by atoms with Crippen LogP contribution in [0.25, 0.3) is 0 Å². The summed E-state index contributed by atoms with van der Waals surface area (Å²) in [5.41, 5.74) is -0.155. The van der Waals surface area contributed by atoms with E-state index in [4.69, 9.17) is 10.1 Å². The van der Waals surface area contributed by atoms with Crippen LogP contribution in [0.4, 0.5) is 13.2 Å². The molecule has 2 rings (SSSR count). The van der Waals surface area contributed by atoms with Gasteiger partial charge in [-0.2, -0.15) is 13.2 Å². The molecule has 30 heavy (non-hydrogen) atoms. The number of carbonyl (C=O) groups is 1. The first kappa shape index (κ1) is 23.4. The topological polar surface area (TPSA) is 75.1 Å². The molecular weight excluding hydrogens is 395 g/mol. The van der Waals surface area contributed by atoms with Gasteiger partial charge in [0, 0.05) is 30.7 Å². The maximum atomic E-state index is 13.2. The number of nitrogens with zero attached hydrogens (tertiary/aromatic N) is 1. The molecule has 0 saturated heterocycles. The number of hydrogen-bond acceptors (Lipinski definition) is 4. The molecular formula is C22H26F3N3O2. The van der Waals surface area contributed by atoms with Gasteiger partial charge in [0.2, 0.25) is 0 Å². The van der Waals surface area contributed by atoms with E-state index in [2.05, 4.69) is 10.3 Å². The predicted molar refractivity (Wildman–Crippen MR) is 109 cm³/mol. The maximum Gasteiger partial charge on any atom is 0.417 e. The van der Waals surface area contributed by atoms with Gasteiger partial charge in [-0.15, -0.1) is 0 Å². The third kappa shape index (κ3) is 7.17. The van der Waals surface area contributed by atoms with E-state index in [1.165, 1.54) is 12.1 Å². The Hall–Kier alpha value is -2.90. The maximum absolute atomic E-state index is 13.2. The summed E-state index contributed by atoms with van der Waals surface area (Å²) in [4.78, 5) is 16.6. The minimum Gasteiger partial charge on any atom is -0.481 e. The van der Waals surface area contributed by atoms with E-state index in [1.54, 1.807) is 12.4 Å². The first-order valence-electron chi connectivity index (χ1n) is 9.75. The van der Waals surface area contributed by atoms with E-state index < -0.39 is 17.8 Å². The second-order valence-electron chi connectivity index (χ2n) is 7.38. The molecule has 0 aliphatic heterocycles. The molecule has 1 aromatic heterocycles. The summed E-state index contributed by atoms with van der Waals surface area (Å²) < 4.78 is 45.3. The summed E-state index contributed by atoms with van der Waals surface area (Å²) in [6, 6.07) is 7.15. The zero-order valence-electron chi connectivity index (χ0n) is 17.0. The summed E-state index contributed by atoms with van der Waals surface area (Å²) in [5.74, 6) is -0.303. The standard InChI is InChI=1S/C22H26F3N3O2/c1-15(2)11-20(21(29)28-10-4-6-16-5-3-9-27-14-16)30-18-8-7-17(13-26)19(12-18)22(23,24)25/h3,5,7-9,12-15,20,26H,4,6,10-11H2,1-2H3,(H,28,29). The van der Waals surface area contributed by atoms with Crippen molar-refractivity contribution in [2.45, 2.75) is 45.4 Å². The second kappa shape index (κ2) is 10.8. The molecule has 2 N–H and O–H groups in total. The van der Waals surface area contributed by atoms with Gasteiger partial charge < -0.3 is 15.5 Å². The van der Waals surface area contributed by atoms with Crippen molar-refractivity contribution in [1.82, 2.24) is 10.3 Å². The molecule has 0 spiro atoms. The van der Waals surface area contributed by atoms with Crippen molar-refractivity contribution in [3.63, 3.8) is 0 Å². The number of rotatable bonds is 10. The highest BCUT2D eigenvalue weighted by Gasteiger charge is 2.34. The van der Waals surface area contributed by atoms with Crippen LogP contribution in [0.2, 0.25) is 0 Å². The Morgan fingerprint density at radius 3 is 2.67 bits per heavy atom. The molecule has 0 aliphatic carbocycles. The lowest BCUT2D eigenvalue weighted by molar-refractivity contribution is -0.137. The van der Waals surface area contributed by atoms with E-state index in [1.807, 2.05) is 26.0 Å². The number of alkyl halides is 3. The number of nitrogens with one attached hydrogen (secondary N) is 2. The van der Waals surface area contributed by atoms with Gasteiger partial charge in [-0.1, -0.05) is 19.9 Å². The Kier molecular flexibility index (Phi) is 8.38. The molecule has 8 heteroatoms. The van der Waals surface area contributed by atoms with Crippen LogP contribution in [0.3, 0.4) is 0 Å². The van der Waals surface area contributed by atoms with Crippen molar-refractivity contribution in [2.24, 2.45) is 5.92 Å². The third-order valence-corrected chi connectivity index (χ3v) is 4.41. The molecule has 0 saturated carbocycles. The number of carbonyl (C=O) groups excluding carboxylic acids is 1. The Morgan fingerprint density at radius 2 is 2.07 bits per heavy atom. The smallest absolute Gasteiger partial charge is 0.417 e. The first-order valence-corrected chi connectivity index (χ1v) is 9.75. The third-order valence-electron chi connectivity index (χ3n) is 4.41. The molecule has 0 radical (unpaired) electrons. The largest absolute Gasteiger partial charge is 0.481 e. The number of benzene rings is 1. The van der Waals surface area contributed by atoms with Gasteiger partial charge in [-0.05, 0) is 55.0 Å². The second-order valence-corrected chi connectivity index (χ2v) is 7.38. The van der Waals surface area contributed by atoms with Gasteiger partial charge in [0.25, 0.3) is 5.91 Å². The Balaban J connectivity index is 2.02. The Bertz CT molecular complexity index is 839. The summed E-state index contributed by atoms with van der Waals surface area (Å²) >= 11 is 0. The predicted octanol–water partition coefficient (Wildman–Crippen LogP) is 4.64. The average Bonchev–Trinajstić information content (AvgIpc) is 2.70. The van der Waals surface area contributed by atoms with Gasteiger partial charge >= 0.3 is 6.18 Å². The van der Waals surface area contributed by atoms with Crippen LogP contribution in [0.5, 0.6) is 5.75 Å². The molecule has 1 aromatic carbocycles. The average molecular weight is 421 g/mol. The number of aromatic nitrogens is 1. The van der Waals surface area contributed by atoms with Gasteiger partial charge in [0.15, 0.2) is 6.10 Å². The zero-order valence-corrected chi connectivity index (χ0v) is 17.0. The summed E-state index contributed by atoms with van der Waals surface area (Å²) in [5, 5.41) is 9.96. The number of hydrogen-bond donors (Lipinski definition) is 2. The minimum absolute atomic E-state index is 0.0518. The summed E-state index contributed by atoms with van der Waals surface area (Å²) in [6.45, 7) is 4.24. The van der Waals surface area contributed by atoms with Crippen LogP contribution >= 0.6 is 0 Å². The molecule has 1 amide bonds. The van der Waals surface area contributed by atoms with Gasteiger partial charge in [0.1, 0.15) is 5.75 Å². The summed E-state index contributed by atoms with van der Waals surface area (Å²) in [6.07, 6.45) is 0.405. The molecule has 1 atom stereocenters. The molecule has 0 bridgehead atoms. The van der Waals surface area contributed by atoms with Crippen LogP contribution in [-0.4, -0.2) is 29.8 Å². The van der Waals surface area contributed by atoms with Crippen LogP contribution < -0.4 is 10.1 Å². The van der Waals surface area contributed by atoms with E-state index >= 15 is 0 Å². The van der Waals surface area contributed by atoms with Crippen molar-refractivity contribution in [2.75, 3.05) is 6.54 Å². The molecule has 1 unspecified atom stereocenters. The number of amides is 1. The van der Waals surface area contributed by atoms with Gasteiger partial charge in [-0.25, -0.2) is 0 Å². The summed E-state index contributed by atoms with van der Waals surface area (Å²) in [7, 11) is 0. The van der Waals surface area contributed by atoms with Crippen LogP contribution in [0.1, 0.15) is 43.4 Å². The SMILES string of the molecule is CC(C)CC(Oc1ccc(C=N)c(C(F)(F)F)c1)C(=O)NCCCc1cccnc1. The fraction of sp³-hybridized carbons (Fsp3) is 0.409. The van der Waals surface area contributed by atoms with E-state index in [0.717, 1.165) is 18.1 Å². The molecule has 162 valence electrons. The fourth-order valence-corrected chi connectivity index (χ4v) is 2.95. The Labute approximate surface area is 174 Å². The highest BCUT2D eigenvalue weighted by atomic mass is 19.4. The van der Waals surface area contributed by atoms with Gasteiger partial charge in [0.05, 0.1) is 5.56 Å². The van der Waals surface area contributed by atoms with Gasteiger partial charge in [-0.3, -0.25) is 9.78 Å². The lowest BCUT2D eigenvalue weighted by atomic mass is 10.0. The number of halogens is 3. The van der Waals surface area contributed by atoms with Crippen molar-refractivity contribution in [3.05, 3.63) is 59.4 Å². The van der Waals surface area contributed by atoms with Crippen LogP contribution in [-0.2, 0) is 17.4 Å². The van der Waals surface area contributed by atoms with Crippen molar-refractivity contribution in [1.29, 1.82) is 5.41 Å². The van der Waals surface area contributed by atoms with Crippen molar-refractivity contribution < 1.29 is 22.7 Å². The highest BCUT2D eigenvalue weighted by Crippen LogP contribution is 2.34. The van der Waals surface area contributed by atoms with E-state index in [9.17, 15) is 18.0 Å². The Morgan fingerprint density at radius 1 is 1.30 bits per heavy atom. The molecule has 5 nitrogen and oxygen atoms in total. The minimum atomic E-state index is -4.62. The van der Waals surface area contributed by atoms with Crippen LogP contribution in [0, 0.1) is 11.3 Å². The molecule has 0 aliphatic rings. The zero-order chi connectivity index (χ0) is 22.1. The fourth-order valence-electron chi connectivity index (χ4n) is 2.95. The van der Waals surface area contributed by atoms with Crippen molar-refractivity contribution >= 4 is 12.1 Å².